The van der Waals surface area contributed by atoms with E-state index in [1.807, 2.05) is 13.0 Å². The summed E-state index contributed by atoms with van der Waals surface area (Å²) in [6.45, 7) is 1.86. The molecular formula is C13H10IN3O2. The summed E-state index contributed by atoms with van der Waals surface area (Å²) in [5.41, 5.74) is 2.39. The Hall–Kier alpha value is -1.88. The van der Waals surface area contributed by atoms with Gasteiger partial charge in [0.05, 0.1) is 33.7 Å². The molecule has 96 valence electrons. The largest absolute Gasteiger partial charge is 0.464 e. The van der Waals surface area contributed by atoms with E-state index in [9.17, 15) is 4.79 Å². The predicted molar refractivity (Wildman–Crippen MR) is 77.1 cm³/mol. The zero-order valence-electron chi connectivity index (χ0n) is 10.3. The number of hydrogen-bond acceptors (Lipinski definition) is 4. The van der Waals surface area contributed by atoms with Crippen LogP contribution in [0.5, 0.6) is 0 Å². The lowest BCUT2D eigenvalue weighted by atomic mass is 10.2. The molecule has 0 saturated carbocycles. The van der Waals surface area contributed by atoms with Gasteiger partial charge in [0.15, 0.2) is 5.69 Å². The predicted octanol–water partition coefficient (Wildman–Crippen LogP) is 2.44. The van der Waals surface area contributed by atoms with Gasteiger partial charge in [-0.2, -0.15) is 10.4 Å². The highest BCUT2D eigenvalue weighted by atomic mass is 127. The van der Waals surface area contributed by atoms with E-state index in [2.05, 4.69) is 33.8 Å². The van der Waals surface area contributed by atoms with Crippen molar-refractivity contribution in [3.63, 3.8) is 0 Å². The minimum absolute atomic E-state index is 0.281. The van der Waals surface area contributed by atoms with E-state index < -0.39 is 5.97 Å². The molecule has 2 aromatic rings. The molecule has 19 heavy (non-hydrogen) atoms. The number of halogens is 1. The third-order valence-corrected chi connectivity index (χ3v) is 3.93. The molecule has 0 aliphatic carbocycles. The molecule has 0 bridgehead atoms. The lowest BCUT2D eigenvalue weighted by Crippen LogP contribution is -2.05. The van der Waals surface area contributed by atoms with Crippen molar-refractivity contribution < 1.29 is 9.53 Å². The highest BCUT2D eigenvalue weighted by Crippen LogP contribution is 2.21. The summed E-state index contributed by atoms with van der Waals surface area (Å²) in [4.78, 5) is 11.6. The van der Waals surface area contributed by atoms with Crippen LogP contribution in [0, 0.1) is 21.8 Å². The Balaban J connectivity index is 2.57. The Kier molecular flexibility index (Phi) is 3.85. The molecule has 0 atom stereocenters. The maximum absolute atomic E-state index is 11.6. The Morgan fingerprint density at radius 2 is 2.26 bits per heavy atom. The van der Waals surface area contributed by atoms with Crippen molar-refractivity contribution in [2.45, 2.75) is 6.92 Å². The van der Waals surface area contributed by atoms with Gasteiger partial charge in [-0.25, -0.2) is 9.48 Å². The normalized spacial score (nSPS) is 10.0. The summed E-state index contributed by atoms with van der Waals surface area (Å²) in [6.07, 6.45) is 0. The summed E-state index contributed by atoms with van der Waals surface area (Å²) < 4.78 is 7.07. The Labute approximate surface area is 123 Å². The Morgan fingerprint density at radius 1 is 1.53 bits per heavy atom. The van der Waals surface area contributed by atoms with Gasteiger partial charge in [0.1, 0.15) is 0 Å². The third kappa shape index (κ3) is 2.46. The van der Waals surface area contributed by atoms with Gasteiger partial charge in [-0.15, -0.1) is 0 Å². The number of esters is 1. The highest BCUT2D eigenvalue weighted by molar-refractivity contribution is 14.1. The molecule has 1 heterocycles. The van der Waals surface area contributed by atoms with E-state index in [-0.39, 0.29) is 5.69 Å². The van der Waals surface area contributed by atoms with Crippen molar-refractivity contribution in [1.29, 1.82) is 5.26 Å². The number of rotatable bonds is 2. The van der Waals surface area contributed by atoms with Crippen LogP contribution in [-0.4, -0.2) is 22.9 Å². The van der Waals surface area contributed by atoms with Crippen LogP contribution < -0.4 is 0 Å². The topological polar surface area (TPSA) is 67.9 Å². The average molecular weight is 367 g/mol. The van der Waals surface area contributed by atoms with E-state index in [0.29, 0.717) is 5.56 Å². The summed E-state index contributed by atoms with van der Waals surface area (Å²) in [6, 6.07) is 9.12. The first-order valence-electron chi connectivity index (χ1n) is 5.42. The summed E-state index contributed by atoms with van der Waals surface area (Å²) >= 11 is 2.06. The Bertz CT molecular complexity index is 686. The number of carbonyl (C=O) groups is 1. The van der Waals surface area contributed by atoms with Crippen molar-refractivity contribution >= 4 is 28.6 Å². The maximum Gasteiger partial charge on any atom is 0.359 e. The molecule has 5 nitrogen and oxygen atoms in total. The first kappa shape index (κ1) is 13.5. The summed E-state index contributed by atoms with van der Waals surface area (Å²) in [5.74, 6) is -0.470. The van der Waals surface area contributed by atoms with Crippen LogP contribution in [0.3, 0.4) is 0 Å². The fraction of sp³-hybridized carbons (Fsp3) is 0.154. The lowest BCUT2D eigenvalue weighted by Gasteiger charge is -2.04. The second kappa shape index (κ2) is 5.40. The van der Waals surface area contributed by atoms with Crippen molar-refractivity contribution in [1.82, 2.24) is 9.78 Å². The van der Waals surface area contributed by atoms with Gasteiger partial charge in [0.2, 0.25) is 0 Å². The second-order valence-corrected chi connectivity index (χ2v) is 4.89. The standard InChI is InChI=1S/C13H10IN3O2/c1-8-11(14)12(13(18)19-2)16-17(8)10-5-3-4-9(6-10)7-15/h3-6H,1-2H3. The monoisotopic (exact) mass is 367 g/mol. The van der Waals surface area contributed by atoms with Crippen LogP contribution in [0.4, 0.5) is 0 Å². The molecule has 0 spiro atoms. The van der Waals surface area contributed by atoms with Gasteiger partial charge in [0.25, 0.3) is 0 Å². The van der Waals surface area contributed by atoms with E-state index in [1.165, 1.54) is 7.11 Å². The lowest BCUT2D eigenvalue weighted by molar-refractivity contribution is 0.0592. The van der Waals surface area contributed by atoms with Crippen LogP contribution in [0.2, 0.25) is 0 Å². The van der Waals surface area contributed by atoms with E-state index in [4.69, 9.17) is 10.00 Å². The number of hydrogen-bond donors (Lipinski definition) is 0. The molecule has 0 aliphatic heterocycles. The first-order valence-corrected chi connectivity index (χ1v) is 6.50. The minimum Gasteiger partial charge on any atom is -0.464 e. The zero-order chi connectivity index (χ0) is 14.0. The maximum atomic E-state index is 11.6. The number of aromatic nitrogens is 2. The molecule has 6 heteroatoms. The molecule has 0 N–H and O–H groups in total. The van der Waals surface area contributed by atoms with Gasteiger partial charge < -0.3 is 4.74 Å². The quantitative estimate of drug-likeness (QED) is 0.604. The number of nitrogens with zero attached hydrogens (tertiary/aromatic N) is 3. The summed E-state index contributed by atoms with van der Waals surface area (Å²) in [7, 11) is 1.32. The third-order valence-electron chi connectivity index (χ3n) is 2.64. The molecule has 1 aromatic carbocycles. The number of ether oxygens (including phenoxy) is 1. The van der Waals surface area contributed by atoms with Crippen LogP contribution in [0.1, 0.15) is 21.7 Å². The van der Waals surface area contributed by atoms with Crippen molar-refractivity contribution in [3.8, 4) is 11.8 Å². The van der Waals surface area contributed by atoms with Gasteiger partial charge in [-0.05, 0) is 47.7 Å². The fourth-order valence-corrected chi connectivity index (χ4v) is 2.23. The summed E-state index contributed by atoms with van der Waals surface area (Å²) in [5, 5.41) is 13.2. The van der Waals surface area contributed by atoms with Crippen molar-refractivity contribution in [2.75, 3.05) is 7.11 Å². The molecule has 2 rings (SSSR count). The smallest absolute Gasteiger partial charge is 0.359 e. The minimum atomic E-state index is -0.470. The molecule has 0 radical (unpaired) electrons. The number of methoxy groups -OCH3 is 1. The number of nitriles is 1. The molecule has 0 amide bonds. The van der Waals surface area contributed by atoms with Crippen LogP contribution in [-0.2, 0) is 4.74 Å². The van der Waals surface area contributed by atoms with Gasteiger partial charge in [-0.1, -0.05) is 6.07 Å². The molecular weight excluding hydrogens is 357 g/mol. The van der Waals surface area contributed by atoms with Gasteiger partial charge >= 0.3 is 5.97 Å². The van der Waals surface area contributed by atoms with Crippen LogP contribution >= 0.6 is 22.6 Å². The molecule has 0 fully saturated rings. The molecule has 1 aromatic heterocycles. The average Bonchev–Trinajstić information content (AvgIpc) is 2.75. The molecule has 0 aliphatic rings. The zero-order valence-corrected chi connectivity index (χ0v) is 12.5. The number of carbonyl (C=O) groups excluding carboxylic acids is 1. The van der Waals surface area contributed by atoms with E-state index >= 15 is 0 Å². The number of benzene rings is 1. The molecule has 0 unspecified atom stereocenters. The van der Waals surface area contributed by atoms with Gasteiger partial charge in [-0.3, -0.25) is 0 Å². The Morgan fingerprint density at radius 3 is 2.89 bits per heavy atom. The van der Waals surface area contributed by atoms with E-state index in [0.717, 1.165) is 15.0 Å². The van der Waals surface area contributed by atoms with Gasteiger partial charge in [0, 0.05) is 0 Å². The SMILES string of the molecule is COC(=O)c1nn(-c2cccc(C#N)c2)c(C)c1I. The van der Waals surface area contributed by atoms with Crippen molar-refractivity contribution in [3.05, 3.63) is 44.8 Å². The molecule has 0 saturated heterocycles. The highest BCUT2D eigenvalue weighted by Gasteiger charge is 2.20. The fourth-order valence-electron chi connectivity index (χ4n) is 1.67. The van der Waals surface area contributed by atoms with E-state index in [1.54, 1.807) is 22.9 Å². The van der Waals surface area contributed by atoms with Crippen molar-refractivity contribution in [2.24, 2.45) is 0 Å². The van der Waals surface area contributed by atoms with Crippen LogP contribution in [0.25, 0.3) is 5.69 Å². The second-order valence-electron chi connectivity index (χ2n) is 3.81. The first-order chi connectivity index (χ1) is 9.08. The van der Waals surface area contributed by atoms with Crippen LogP contribution in [0.15, 0.2) is 24.3 Å².